The predicted molar refractivity (Wildman–Crippen MR) is 69.5 cm³/mol. The molecule has 4 nitrogen and oxygen atoms in total. The van der Waals surface area contributed by atoms with Crippen LogP contribution in [0.5, 0.6) is 0 Å². The van der Waals surface area contributed by atoms with Gasteiger partial charge in [-0.2, -0.15) is 9.59 Å². The fourth-order valence-corrected chi connectivity index (χ4v) is 3.32. The van der Waals surface area contributed by atoms with E-state index in [1.54, 1.807) is 18.3 Å². The highest BCUT2D eigenvalue weighted by atomic mass is 32.1. The fourth-order valence-electron chi connectivity index (χ4n) is 2.30. The average Bonchev–Trinajstić information content (AvgIpc) is 2.92. The van der Waals surface area contributed by atoms with Gasteiger partial charge in [-0.15, -0.1) is 11.3 Å². The second kappa shape index (κ2) is 7.09. The molecule has 1 aliphatic rings. The summed E-state index contributed by atoms with van der Waals surface area (Å²) in [5.74, 6) is 0.184. The Morgan fingerprint density at radius 3 is 2.33 bits per heavy atom. The molecule has 0 spiro atoms. The van der Waals surface area contributed by atoms with E-state index in [1.807, 2.05) is 4.90 Å². The van der Waals surface area contributed by atoms with Crippen LogP contribution in [-0.4, -0.2) is 18.1 Å². The van der Waals surface area contributed by atoms with Gasteiger partial charge in [-0.3, -0.25) is 4.79 Å². The Hall–Kier alpha value is -1.45. The molecule has 1 aliphatic carbocycles. The number of rotatable bonds is 2. The van der Waals surface area contributed by atoms with Crippen LogP contribution in [-0.2, 0) is 14.4 Å². The molecular formula is C13H17NO3S. The van der Waals surface area contributed by atoms with Crippen LogP contribution in [0.2, 0.25) is 0 Å². The van der Waals surface area contributed by atoms with E-state index in [4.69, 9.17) is 9.59 Å². The Kier molecular flexibility index (Phi) is 5.75. The van der Waals surface area contributed by atoms with Gasteiger partial charge in [-0.25, -0.2) is 0 Å². The third-order valence-electron chi connectivity index (χ3n) is 2.98. The van der Waals surface area contributed by atoms with Gasteiger partial charge in [0.25, 0.3) is 0 Å². The van der Waals surface area contributed by atoms with Crippen LogP contribution in [0.25, 0.3) is 0 Å². The van der Waals surface area contributed by atoms with Crippen LogP contribution in [0.3, 0.4) is 0 Å². The van der Waals surface area contributed by atoms with E-state index in [0.717, 1.165) is 17.8 Å². The van der Waals surface area contributed by atoms with Crippen molar-refractivity contribution in [2.45, 2.75) is 45.6 Å². The molecule has 0 unspecified atom stereocenters. The minimum Gasteiger partial charge on any atom is -0.301 e. The Labute approximate surface area is 111 Å². The number of nitrogens with zero attached hydrogens (tertiary/aromatic N) is 1. The molecule has 1 amide bonds. The van der Waals surface area contributed by atoms with E-state index < -0.39 is 0 Å². The van der Waals surface area contributed by atoms with Gasteiger partial charge in [-0.05, 0) is 36.8 Å². The van der Waals surface area contributed by atoms with Crippen molar-refractivity contribution in [2.24, 2.45) is 0 Å². The first-order valence-corrected chi connectivity index (χ1v) is 6.82. The van der Waals surface area contributed by atoms with Crippen molar-refractivity contribution in [2.75, 3.05) is 4.90 Å². The third-order valence-corrected chi connectivity index (χ3v) is 4.03. The molecule has 1 aromatic heterocycles. The van der Waals surface area contributed by atoms with E-state index in [9.17, 15) is 4.79 Å². The average molecular weight is 267 g/mol. The molecular weight excluding hydrogens is 250 g/mol. The number of amides is 1. The topological polar surface area (TPSA) is 54.5 Å². The van der Waals surface area contributed by atoms with Gasteiger partial charge in [-0.1, -0.05) is 12.8 Å². The molecule has 5 heteroatoms. The maximum atomic E-state index is 11.7. The van der Waals surface area contributed by atoms with E-state index in [1.165, 1.54) is 18.4 Å². The lowest BCUT2D eigenvalue weighted by Gasteiger charge is -2.26. The molecule has 18 heavy (non-hydrogen) atoms. The largest absolute Gasteiger partial charge is 0.373 e. The van der Waals surface area contributed by atoms with Crippen LogP contribution in [0.15, 0.2) is 11.4 Å². The van der Waals surface area contributed by atoms with E-state index in [-0.39, 0.29) is 12.1 Å². The lowest BCUT2D eigenvalue weighted by Crippen LogP contribution is -2.36. The Balaban J connectivity index is 0.000000492. The lowest BCUT2D eigenvalue weighted by molar-refractivity contribution is -0.191. The quantitative estimate of drug-likeness (QED) is 0.828. The fraction of sp³-hybridized carbons (Fsp3) is 0.538. The van der Waals surface area contributed by atoms with Crippen molar-refractivity contribution in [1.29, 1.82) is 0 Å². The molecule has 98 valence electrons. The number of aryl methyl sites for hydroxylation is 1. The van der Waals surface area contributed by atoms with Gasteiger partial charge in [0.2, 0.25) is 5.91 Å². The summed E-state index contributed by atoms with van der Waals surface area (Å²) in [4.78, 5) is 29.9. The number of carbonyl (C=O) groups excluding carboxylic acids is 3. The number of thiophene rings is 1. The number of anilines is 1. The van der Waals surface area contributed by atoms with Crippen LogP contribution in [0.1, 0.15) is 38.2 Å². The highest BCUT2D eigenvalue weighted by molar-refractivity contribution is 7.14. The molecule has 2 rings (SSSR count). The molecule has 0 aliphatic heterocycles. The molecule has 1 heterocycles. The van der Waals surface area contributed by atoms with Gasteiger partial charge in [0, 0.05) is 13.0 Å². The smallest absolute Gasteiger partial charge is 0.301 e. The van der Waals surface area contributed by atoms with Gasteiger partial charge >= 0.3 is 6.15 Å². The summed E-state index contributed by atoms with van der Waals surface area (Å²) in [6.07, 6.45) is 5.10. The first-order valence-electron chi connectivity index (χ1n) is 5.94. The molecule has 1 aromatic rings. The lowest BCUT2D eigenvalue weighted by atomic mass is 10.2. The van der Waals surface area contributed by atoms with Crippen LogP contribution < -0.4 is 4.90 Å². The molecule has 0 saturated heterocycles. The van der Waals surface area contributed by atoms with E-state index in [2.05, 4.69) is 18.4 Å². The highest BCUT2D eigenvalue weighted by Gasteiger charge is 2.26. The van der Waals surface area contributed by atoms with Gasteiger partial charge in [0.15, 0.2) is 0 Å². The zero-order valence-electron chi connectivity index (χ0n) is 10.6. The Morgan fingerprint density at radius 2 is 1.94 bits per heavy atom. The SMILES string of the molecule is CC(=O)N(c1cc(C)cs1)C1CCCC1.O=C=O. The summed E-state index contributed by atoms with van der Waals surface area (Å²) < 4.78 is 0. The normalized spacial score (nSPS) is 14.6. The maximum absolute atomic E-state index is 11.7. The van der Waals surface area contributed by atoms with Crippen LogP contribution in [0.4, 0.5) is 5.00 Å². The Morgan fingerprint density at radius 1 is 1.39 bits per heavy atom. The molecule has 0 radical (unpaired) electrons. The highest BCUT2D eigenvalue weighted by Crippen LogP contribution is 2.32. The number of hydrogen-bond acceptors (Lipinski definition) is 4. The minimum absolute atomic E-state index is 0.184. The molecule has 0 bridgehead atoms. The Bertz CT molecular complexity index is 429. The number of hydrogen-bond donors (Lipinski definition) is 0. The summed E-state index contributed by atoms with van der Waals surface area (Å²) in [5.41, 5.74) is 1.25. The predicted octanol–water partition coefficient (Wildman–Crippen LogP) is 2.77. The first-order chi connectivity index (χ1) is 8.60. The summed E-state index contributed by atoms with van der Waals surface area (Å²) >= 11 is 1.68. The number of carbonyl (C=O) groups is 1. The summed E-state index contributed by atoms with van der Waals surface area (Å²) in [5, 5.41) is 3.23. The standard InChI is InChI=1S/C12H17NOS.CO2/c1-9-7-12(15-8-9)13(10(2)14)11-5-3-4-6-11;2-1-3/h7-8,11H,3-6H2,1-2H3;. The van der Waals surface area contributed by atoms with Crippen molar-refractivity contribution in [3.05, 3.63) is 17.0 Å². The van der Waals surface area contributed by atoms with Crippen LogP contribution in [0, 0.1) is 6.92 Å². The van der Waals surface area contributed by atoms with Crippen LogP contribution >= 0.6 is 11.3 Å². The maximum Gasteiger partial charge on any atom is 0.373 e. The van der Waals surface area contributed by atoms with Crippen molar-refractivity contribution < 1.29 is 14.4 Å². The van der Waals surface area contributed by atoms with E-state index in [0.29, 0.717) is 6.04 Å². The summed E-state index contributed by atoms with van der Waals surface area (Å²) in [6, 6.07) is 2.56. The molecule has 0 atom stereocenters. The van der Waals surface area contributed by atoms with Crippen molar-refractivity contribution in [1.82, 2.24) is 0 Å². The van der Waals surface area contributed by atoms with Gasteiger partial charge in [0.05, 0.1) is 5.00 Å². The summed E-state index contributed by atoms with van der Waals surface area (Å²) in [7, 11) is 0. The molecule has 0 N–H and O–H groups in total. The van der Waals surface area contributed by atoms with Crippen molar-refractivity contribution in [3.8, 4) is 0 Å². The molecule has 1 fully saturated rings. The van der Waals surface area contributed by atoms with Crippen molar-refractivity contribution in [3.63, 3.8) is 0 Å². The summed E-state index contributed by atoms with van der Waals surface area (Å²) in [6.45, 7) is 3.75. The monoisotopic (exact) mass is 267 g/mol. The minimum atomic E-state index is 0.184. The third kappa shape index (κ3) is 3.79. The van der Waals surface area contributed by atoms with Gasteiger partial charge < -0.3 is 4.90 Å². The first kappa shape index (κ1) is 14.6. The second-order valence-electron chi connectivity index (χ2n) is 4.37. The van der Waals surface area contributed by atoms with E-state index >= 15 is 0 Å². The molecule has 0 aromatic carbocycles. The second-order valence-corrected chi connectivity index (χ2v) is 5.26. The van der Waals surface area contributed by atoms with Gasteiger partial charge in [0.1, 0.15) is 0 Å². The zero-order valence-corrected chi connectivity index (χ0v) is 11.5. The van der Waals surface area contributed by atoms with Crippen molar-refractivity contribution >= 4 is 28.4 Å². The molecule has 1 saturated carbocycles. The zero-order chi connectivity index (χ0) is 13.5.